The SMILES string of the molecule is Cn1c2ccccc2c(=O)c2c(O)cc3c(c21)[C@H](O)[C@H](O)C(C)(C)O3. The third kappa shape index (κ3) is 2.01. The van der Waals surface area contributed by atoms with Crippen LogP contribution < -0.4 is 10.2 Å². The number of nitrogens with zero attached hydrogens (tertiary/aromatic N) is 1. The lowest BCUT2D eigenvalue weighted by molar-refractivity contribution is -0.111. The third-order valence-electron chi connectivity index (χ3n) is 5.03. The molecule has 1 aromatic heterocycles. The van der Waals surface area contributed by atoms with Gasteiger partial charge >= 0.3 is 0 Å². The number of aliphatic hydroxyl groups is 2. The van der Waals surface area contributed by atoms with Crippen LogP contribution in [0.3, 0.4) is 0 Å². The molecular formula is C19H19NO5. The Morgan fingerprint density at radius 1 is 1.20 bits per heavy atom. The Labute approximate surface area is 143 Å². The van der Waals surface area contributed by atoms with E-state index in [0.717, 1.165) is 0 Å². The van der Waals surface area contributed by atoms with Crippen LogP contribution in [0.15, 0.2) is 35.1 Å². The van der Waals surface area contributed by atoms with Crippen LogP contribution in [0.5, 0.6) is 11.5 Å². The molecule has 4 rings (SSSR count). The number of pyridine rings is 1. The highest BCUT2D eigenvalue weighted by Gasteiger charge is 2.44. The molecule has 1 aliphatic heterocycles. The first-order chi connectivity index (χ1) is 11.7. The minimum Gasteiger partial charge on any atom is -0.507 e. The number of para-hydroxylation sites is 1. The van der Waals surface area contributed by atoms with E-state index in [9.17, 15) is 20.1 Å². The van der Waals surface area contributed by atoms with Gasteiger partial charge in [-0.2, -0.15) is 0 Å². The van der Waals surface area contributed by atoms with Gasteiger partial charge in [-0.3, -0.25) is 4.79 Å². The van der Waals surface area contributed by atoms with Crippen molar-refractivity contribution in [2.45, 2.75) is 31.7 Å². The molecular weight excluding hydrogens is 322 g/mol. The van der Waals surface area contributed by atoms with Gasteiger partial charge in [0, 0.05) is 18.5 Å². The van der Waals surface area contributed by atoms with Crippen molar-refractivity contribution in [3.05, 3.63) is 46.1 Å². The van der Waals surface area contributed by atoms with Crippen molar-refractivity contribution in [1.29, 1.82) is 0 Å². The van der Waals surface area contributed by atoms with E-state index in [-0.39, 0.29) is 22.3 Å². The monoisotopic (exact) mass is 341 g/mol. The van der Waals surface area contributed by atoms with Gasteiger partial charge in [0.15, 0.2) is 0 Å². The van der Waals surface area contributed by atoms with Gasteiger partial charge in [0.05, 0.1) is 22.0 Å². The van der Waals surface area contributed by atoms with Crippen LogP contribution in [0, 0.1) is 0 Å². The van der Waals surface area contributed by atoms with Crippen LogP contribution in [0.25, 0.3) is 21.8 Å². The zero-order valence-corrected chi connectivity index (χ0v) is 14.1. The molecule has 0 saturated carbocycles. The normalized spacial score (nSPS) is 22.0. The van der Waals surface area contributed by atoms with E-state index < -0.39 is 17.8 Å². The van der Waals surface area contributed by atoms with E-state index in [1.54, 1.807) is 43.7 Å². The van der Waals surface area contributed by atoms with E-state index in [0.29, 0.717) is 22.0 Å². The number of aliphatic hydroxyl groups excluding tert-OH is 2. The number of fused-ring (bicyclic) bond motifs is 4. The number of phenolic OH excluding ortho intramolecular Hbond substituents is 1. The fourth-order valence-corrected chi connectivity index (χ4v) is 3.68. The summed E-state index contributed by atoms with van der Waals surface area (Å²) < 4.78 is 7.55. The van der Waals surface area contributed by atoms with Crippen molar-refractivity contribution in [1.82, 2.24) is 4.57 Å². The van der Waals surface area contributed by atoms with Crippen LogP contribution in [0.1, 0.15) is 25.5 Å². The highest BCUT2D eigenvalue weighted by atomic mass is 16.5. The number of hydrogen-bond acceptors (Lipinski definition) is 5. The molecule has 0 radical (unpaired) electrons. The summed E-state index contributed by atoms with van der Waals surface area (Å²) in [4.78, 5) is 12.9. The second-order valence-electron chi connectivity index (χ2n) is 7.03. The maximum absolute atomic E-state index is 12.9. The number of hydrogen-bond donors (Lipinski definition) is 3. The number of aryl methyl sites for hydroxylation is 1. The van der Waals surface area contributed by atoms with Crippen LogP contribution in [-0.2, 0) is 7.05 Å². The van der Waals surface area contributed by atoms with Crippen molar-refractivity contribution < 1.29 is 20.1 Å². The van der Waals surface area contributed by atoms with Gasteiger partial charge in [0.1, 0.15) is 29.3 Å². The summed E-state index contributed by atoms with van der Waals surface area (Å²) in [5.41, 5.74) is -0.0111. The molecule has 130 valence electrons. The summed E-state index contributed by atoms with van der Waals surface area (Å²) in [6, 6.07) is 8.40. The predicted octanol–water partition coefficient (Wildman–Crippen LogP) is 1.96. The fourth-order valence-electron chi connectivity index (χ4n) is 3.68. The average molecular weight is 341 g/mol. The number of benzene rings is 2. The molecule has 0 saturated heterocycles. The minimum absolute atomic E-state index is 0.106. The molecule has 2 heterocycles. The van der Waals surface area contributed by atoms with Crippen molar-refractivity contribution in [2.75, 3.05) is 0 Å². The van der Waals surface area contributed by atoms with E-state index in [2.05, 4.69) is 0 Å². The van der Waals surface area contributed by atoms with Crippen LogP contribution in [-0.4, -0.2) is 31.6 Å². The Morgan fingerprint density at radius 3 is 2.60 bits per heavy atom. The van der Waals surface area contributed by atoms with Gasteiger partial charge in [-0.15, -0.1) is 0 Å². The standard InChI is InChI=1S/C19H19NO5/c1-19(2)18(24)17(23)14-12(25-19)8-11(21)13-15(14)20(3)10-7-5-4-6-9(10)16(13)22/h4-8,17-18,21,23-24H,1-3H3/t17-,18-/m0/s1. The molecule has 2 atom stereocenters. The zero-order valence-electron chi connectivity index (χ0n) is 14.1. The van der Waals surface area contributed by atoms with Crippen LogP contribution >= 0.6 is 0 Å². The lowest BCUT2D eigenvalue weighted by Gasteiger charge is -2.40. The first kappa shape index (κ1) is 15.9. The molecule has 1 aliphatic rings. The molecule has 6 nitrogen and oxygen atoms in total. The summed E-state index contributed by atoms with van der Waals surface area (Å²) in [6.07, 6.45) is -2.41. The predicted molar refractivity (Wildman–Crippen MR) is 94.0 cm³/mol. The molecule has 0 unspecified atom stereocenters. The largest absolute Gasteiger partial charge is 0.507 e. The molecule has 0 aliphatic carbocycles. The molecule has 0 amide bonds. The van der Waals surface area contributed by atoms with Gasteiger partial charge in [0.25, 0.3) is 0 Å². The average Bonchev–Trinajstić information content (AvgIpc) is 2.56. The number of aromatic nitrogens is 1. The minimum atomic E-state index is -1.24. The maximum Gasteiger partial charge on any atom is 0.200 e. The van der Waals surface area contributed by atoms with Crippen molar-refractivity contribution in [3.63, 3.8) is 0 Å². The number of aromatic hydroxyl groups is 1. The Bertz CT molecular complexity index is 1080. The molecule has 6 heteroatoms. The summed E-state index contributed by atoms with van der Waals surface area (Å²) in [6.45, 7) is 3.31. The summed E-state index contributed by atoms with van der Waals surface area (Å²) >= 11 is 0. The second kappa shape index (κ2) is 4.97. The van der Waals surface area contributed by atoms with E-state index in [1.165, 1.54) is 6.07 Å². The number of rotatable bonds is 0. The Morgan fingerprint density at radius 2 is 1.88 bits per heavy atom. The van der Waals surface area contributed by atoms with Gasteiger partial charge in [-0.05, 0) is 26.0 Å². The molecule has 0 fully saturated rings. The summed E-state index contributed by atoms with van der Waals surface area (Å²) in [5.74, 6) is 0.0533. The zero-order chi connectivity index (χ0) is 18.1. The lowest BCUT2D eigenvalue weighted by atomic mass is 9.87. The van der Waals surface area contributed by atoms with Crippen molar-refractivity contribution in [3.8, 4) is 11.5 Å². The molecule has 0 spiro atoms. The molecule has 3 aromatic rings. The smallest absolute Gasteiger partial charge is 0.200 e. The van der Waals surface area contributed by atoms with Gasteiger partial charge in [-0.25, -0.2) is 0 Å². The fraction of sp³-hybridized carbons (Fsp3) is 0.316. The molecule has 0 bridgehead atoms. The maximum atomic E-state index is 12.9. The summed E-state index contributed by atoms with van der Waals surface area (Å²) in [7, 11) is 1.75. The Hall–Kier alpha value is -2.57. The molecule has 25 heavy (non-hydrogen) atoms. The number of ether oxygens (including phenoxy) is 1. The molecule has 3 N–H and O–H groups in total. The van der Waals surface area contributed by atoms with Gasteiger partial charge < -0.3 is 24.6 Å². The highest BCUT2D eigenvalue weighted by Crippen LogP contribution is 2.45. The Balaban J connectivity index is 2.24. The first-order valence-corrected chi connectivity index (χ1v) is 8.06. The van der Waals surface area contributed by atoms with Crippen molar-refractivity contribution >= 4 is 21.8 Å². The second-order valence-corrected chi connectivity index (χ2v) is 7.03. The van der Waals surface area contributed by atoms with Gasteiger partial charge in [-0.1, -0.05) is 12.1 Å². The topological polar surface area (TPSA) is 91.9 Å². The van der Waals surface area contributed by atoms with Crippen LogP contribution in [0.2, 0.25) is 0 Å². The lowest BCUT2D eigenvalue weighted by Crippen LogP contribution is -2.49. The van der Waals surface area contributed by atoms with Gasteiger partial charge in [0.2, 0.25) is 5.43 Å². The summed E-state index contributed by atoms with van der Waals surface area (Å²) in [5, 5.41) is 32.2. The Kier molecular flexibility index (Phi) is 3.17. The van der Waals surface area contributed by atoms with Crippen molar-refractivity contribution in [2.24, 2.45) is 7.05 Å². The van der Waals surface area contributed by atoms with E-state index in [4.69, 9.17) is 4.74 Å². The highest BCUT2D eigenvalue weighted by molar-refractivity contribution is 5.99. The molecule has 2 aromatic carbocycles. The quantitative estimate of drug-likeness (QED) is 0.544. The van der Waals surface area contributed by atoms with E-state index >= 15 is 0 Å². The van der Waals surface area contributed by atoms with Crippen LogP contribution in [0.4, 0.5) is 0 Å². The number of phenols is 1. The van der Waals surface area contributed by atoms with E-state index in [1.807, 2.05) is 6.07 Å². The third-order valence-corrected chi connectivity index (χ3v) is 5.03. The first-order valence-electron chi connectivity index (χ1n) is 8.06.